The molecule has 7 heteroatoms. The van der Waals surface area contributed by atoms with Crippen LogP contribution in [0.3, 0.4) is 0 Å². The van der Waals surface area contributed by atoms with Crippen molar-refractivity contribution >= 4 is 23.2 Å². The number of amides is 1. The average molecular weight is 392 g/mol. The van der Waals surface area contributed by atoms with E-state index in [2.05, 4.69) is 15.4 Å². The predicted molar refractivity (Wildman–Crippen MR) is 110 cm³/mol. The van der Waals surface area contributed by atoms with Crippen LogP contribution in [0.2, 0.25) is 5.02 Å². The molecular formula is C21H18ClN5O. The summed E-state index contributed by atoms with van der Waals surface area (Å²) >= 11 is 6.15. The van der Waals surface area contributed by atoms with Crippen molar-refractivity contribution in [1.29, 1.82) is 0 Å². The molecule has 0 saturated carbocycles. The third-order valence-corrected chi connectivity index (χ3v) is 4.75. The van der Waals surface area contributed by atoms with Gasteiger partial charge in [-0.05, 0) is 56.3 Å². The van der Waals surface area contributed by atoms with E-state index in [0.29, 0.717) is 16.3 Å². The fraction of sp³-hybridized carbons (Fsp3) is 0.0952. The summed E-state index contributed by atoms with van der Waals surface area (Å²) in [7, 11) is 0. The van der Waals surface area contributed by atoms with Crippen LogP contribution in [0.4, 0.5) is 5.69 Å². The molecule has 0 atom stereocenters. The lowest BCUT2D eigenvalue weighted by Crippen LogP contribution is -2.15. The minimum atomic E-state index is -0.217. The van der Waals surface area contributed by atoms with Gasteiger partial charge in [-0.1, -0.05) is 17.7 Å². The van der Waals surface area contributed by atoms with Gasteiger partial charge in [0.1, 0.15) is 5.82 Å². The van der Waals surface area contributed by atoms with E-state index < -0.39 is 0 Å². The quantitative estimate of drug-likeness (QED) is 0.553. The lowest BCUT2D eigenvalue weighted by Gasteiger charge is -2.12. The van der Waals surface area contributed by atoms with E-state index in [9.17, 15) is 4.79 Å². The van der Waals surface area contributed by atoms with Gasteiger partial charge in [0.15, 0.2) is 0 Å². The Balaban J connectivity index is 1.70. The number of nitrogens with zero attached hydrogens (tertiary/aromatic N) is 4. The normalized spacial score (nSPS) is 10.8. The average Bonchev–Trinajstić information content (AvgIpc) is 3.31. The number of carbonyl (C=O) groups excluding carboxylic acids is 1. The minimum absolute atomic E-state index is 0.217. The Bertz CT molecular complexity index is 1130. The number of rotatable bonds is 4. The number of carbonyl (C=O) groups is 1. The smallest absolute Gasteiger partial charge is 0.257 e. The van der Waals surface area contributed by atoms with Crippen LogP contribution in [0.15, 0.2) is 67.1 Å². The van der Waals surface area contributed by atoms with E-state index >= 15 is 0 Å². The number of nitrogens with one attached hydrogen (secondary N) is 1. The second-order valence-corrected chi connectivity index (χ2v) is 6.81. The van der Waals surface area contributed by atoms with Gasteiger partial charge in [-0.3, -0.25) is 4.79 Å². The van der Waals surface area contributed by atoms with Gasteiger partial charge in [0.2, 0.25) is 0 Å². The van der Waals surface area contributed by atoms with Gasteiger partial charge in [-0.15, -0.1) is 0 Å². The number of hydrogen-bond donors (Lipinski definition) is 1. The molecule has 3 aromatic heterocycles. The maximum atomic E-state index is 13.0. The van der Waals surface area contributed by atoms with Crippen molar-refractivity contribution < 1.29 is 4.79 Å². The number of benzene rings is 1. The number of pyridine rings is 1. The molecule has 0 unspecified atom stereocenters. The summed E-state index contributed by atoms with van der Waals surface area (Å²) in [6.07, 6.45) is 5.23. The van der Waals surface area contributed by atoms with E-state index in [1.54, 1.807) is 29.2 Å². The molecule has 4 aromatic rings. The number of aromatic nitrogens is 4. The molecule has 0 saturated heterocycles. The summed E-state index contributed by atoms with van der Waals surface area (Å²) in [5, 5.41) is 7.75. The predicted octanol–water partition coefficient (Wildman–Crippen LogP) is 4.58. The Morgan fingerprint density at radius 2 is 1.93 bits per heavy atom. The van der Waals surface area contributed by atoms with Crippen molar-refractivity contribution in [2.45, 2.75) is 13.8 Å². The van der Waals surface area contributed by atoms with Crippen molar-refractivity contribution in [1.82, 2.24) is 19.3 Å². The molecule has 0 aliphatic rings. The SMILES string of the molecule is Cc1cc(C(=O)Nc2cc(Cl)ccc2-n2cccn2)c(C)n1-c1ccccn1. The third-order valence-electron chi connectivity index (χ3n) is 4.51. The summed E-state index contributed by atoms with van der Waals surface area (Å²) in [5.41, 5.74) is 3.65. The second-order valence-electron chi connectivity index (χ2n) is 6.37. The molecule has 0 fully saturated rings. The van der Waals surface area contributed by atoms with Crippen molar-refractivity contribution in [3.63, 3.8) is 0 Å². The summed E-state index contributed by atoms with van der Waals surface area (Å²) in [5.74, 6) is 0.558. The molecule has 1 amide bonds. The zero-order valence-corrected chi connectivity index (χ0v) is 16.2. The first-order chi connectivity index (χ1) is 13.5. The molecule has 0 spiro atoms. The molecule has 0 radical (unpaired) electrons. The van der Waals surface area contributed by atoms with Crippen LogP contribution in [0.1, 0.15) is 21.7 Å². The highest BCUT2D eigenvalue weighted by Gasteiger charge is 2.19. The Kier molecular flexibility index (Phi) is 4.71. The lowest BCUT2D eigenvalue weighted by molar-refractivity contribution is 0.102. The Labute approximate surface area is 167 Å². The van der Waals surface area contributed by atoms with Gasteiger partial charge in [-0.25, -0.2) is 9.67 Å². The van der Waals surface area contributed by atoms with Crippen molar-refractivity contribution in [3.8, 4) is 11.5 Å². The highest BCUT2D eigenvalue weighted by atomic mass is 35.5. The number of anilines is 1. The second kappa shape index (κ2) is 7.32. The monoisotopic (exact) mass is 391 g/mol. The van der Waals surface area contributed by atoms with Gasteiger partial charge in [0.05, 0.1) is 16.9 Å². The van der Waals surface area contributed by atoms with E-state index in [4.69, 9.17) is 11.6 Å². The molecule has 140 valence electrons. The van der Waals surface area contributed by atoms with Crippen molar-refractivity contribution in [2.24, 2.45) is 0 Å². The Hall–Kier alpha value is -3.38. The molecule has 0 aliphatic carbocycles. The van der Waals surface area contributed by atoms with Crippen LogP contribution in [0, 0.1) is 13.8 Å². The van der Waals surface area contributed by atoms with E-state index in [-0.39, 0.29) is 5.91 Å². The van der Waals surface area contributed by atoms with Gasteiger partial charge in [0, 0.05) is 35.0 Å². The highest BCUT2D eigenvalue weighted by Crippen LogP contribution is 2.26. The highest BCUT2D eigenvalue weighted by molar-refractivity contribution is 6.31. The van der Waals surface area contributed by atoms with Gasteiger partial charge in [0.25, 0.3) is 5.91 Å². The zero-order valence-electron chi connectivity index (χ0n) is 15.4. The van der Waals surface area contributed by atoms with Crippen LogP contribution in [0.5, 0.6) is 0 Å². The van der Waals surface area contributed by atoms with E-state index in [0.717, 1.165) is 22.9 Å². The van der Waals surface area contributed by atoms with E-state index in [1.807, 2.05) is 61.0 Å². The topological polar surface area (TPSA) is 64.7 Å². The fourth-order valence-corrected chi connectivity index (χ4v) is 3.41. The fourth-order valence-electron chi connectivity index (χ4n) is 3.24. The van der Waals surface area contributed by atoms with Crippen molar-refractivity contribution in [2.75, 3.05) is 5.32 Å². The summed E-state index contributed by atoms with van der Waals surface area (Å²) < 4.78 is 3.64. The first kappa shape index (κ1) is 18.0. The molecule has 4 rings (SSSR count). The molecule has 1 N–H and O–H groups in total. The molecular weight excluding hydrogens is 374 g/mol. The van der Waals surface area contributed by atoms with Crippen LogP contribution in [-0.2, 0) is 0 Å². The Morgan fingerprint density at radius 1 is 1.07 bits per heavy atom. The minimum Gasteiger partial charge on any atom is -0.320 e. The van der Waals surface area contributed by atoms with Gasteiger partial charge < -0.3 is 9.88 Å². The van der Waals surface area contributed by atoms with Crippen molar-refractivity contribution in [3.05, 3.63) is 89.1 Å². The molecule has 6 nitrogen and oxygen atoms in total. The van der Waals surface area contributed by atoms with Crippen LogP contribution in [0.25, 0.3) is 11.5 Å². The van der Waals surface area contributed by atoms with Gasteiger partial charge in [-0.2, -0.15) is 5.10 Å². The molecule has 0 bridgehead atoms. The van der Waals surface area contributed by atoms with Gasteiger partial charge >= 0.3 is 0 Å². The zero-order chi connectivity index (χ0) is 19.7. The molecule has 28 heavy (non-hydrogen) atoms. The standard InChI is InChI=1S/C21H18ClN5O/c1-14-12-17(15(2)27(14)20-6-3-4-9-23-20)21(28)25-18-13-16(22)7-8-19(18)26-11-5-10-24-26/h3-13H,1-2H3,(H,25,28). The van der Waals surface area contributed by atoms with E-state index in [1.165, 1.54) is 0 Å². The third kappa shape index (κ3) is 3.30. The summed E-state index contributed by atoms with van der Waals surface area (Å²) in [4.78, 5) is 17.4. The Morgan fingerprint density at radius 3 is 2.64 bits per heavy atom. The molecule has 1 aromatic carbocycles. The number of aryl methyl sites for hydroxylation is 1. The first-order valence-corrected chi connectivity index (χ1v) is 9.13. The van der Waals surface area contributed by atoms with Crippen LogP contribution < -0.4 is 5.32 Å². The lowest BCUT2D eigenvalue weighted by atomic mass is 10.2. The largest absolute Gasteiger partial charge is 0.320 e. The summed E-state index contributed by atoms with van der Waals surface area (Å²) in [6, 6.07) is 14.7. The number of halogens is 1. The summed E-state index contributed by atoms with van der Waals surface area (Å²) in [6.45, 7) is 3.86. The first-order valence-electron chi connectivity index (χ1n) is 8.76. The maximum absolute atomic E-state index is 13.0. The number of hydrogen-bond acceptors (Lipinski definition) is 3. The molecule has 0 aliphatic heterocycles. The van der Waals surface area contributed by atoms with Crippen LogP contribution in [-0.4, -0.2) is 25.2 Å². The molecule has 3 heterocycles. The van der Waals surface area contributed by atoms with Crippen LogP contribution >= 0.6 is 11.6 Å². The maximum Gasteiger partial charge on any atom is 0.257 e.